The van der Waals surface area contributed by atoms with Gasteiger partial charge in [-0.25, -0.2) is 4.99 Å². The lowest BCUT2D eigenvalue weighted by Gasteiger charge is -2.17. The second-order valence-electron chi connectivity index (χ2n) is 6.87. The number of para-hydroxylation sites is 1. The molecule has 29 heavy (non-hydrogen) atoms. The summed E-state index contributed by atoms with van der Waals surface area (Å²) in [6, 6.07) is 12.8. The van der Waals surface area contributed by atoms with E-state index >= 15 is 0 Å². The Balaban J connectivity index is 2.00. The number of rotatable bonds is 6. The number of carbonyl (C=O) groups is 1. The molecule has 0 radical (unpaired) electrons. The van der Waals surface area contributed by atoms with E-state index in [1.807, 2.05) is 36.4 Å². The summed E-state index contributed by atoms with van der Waals surface area (Å²) >= 11 is 7.32. The fourth-order valence-electron chi connectivity index (χ4n) is 2.91. The lowest BCUT2D eigenvalue weighted by molar-refractivity contribution is -0.122. The predicted octanol–water partition coefficient (Wildman–Crippen LogP) is 5.62. The zero-order chi connectivity index (χ0) is 21.0. The van der Waals surface area contributed by atoms with E-state index in [2.05, 4.69) is 18.8 Å². The SMILES string of the molecule is COc1cccc(/C=C2\SC(=Nc3ccc(Cl)cc3)N(CC(C)C)C2=O)c1OC. The first-order valence-electron chi connectivity index (χ1n) is 9.19. The van der Waals surface area contributed by atoms with Crippen LogP contribution >= 0.6 is 23.4 Å². The Kier molecular flexibility index (Phi) is 6.87. The van der Waals surface area contributed by atoms with Gasteiger partial charge in [0.25, 0.3) is 5.91 Å². The average Bonchev–Trinajstić information content (AvgIpc) is 2.97. The molecule has 0 atom stereocenters. The molecule has 1 heterocycles. The summed E-state index contributed by atoms with van der Waals surface area (Å²) in [5.41, 5.74) is 1.53. The predicted molar refractivity (Wildman–Crippen MR) is 120 cm³/mol. The maximum Gasteiger partial charge on any atom is 0.266 e. The van der Waals surface area contributed by atoms with Crippen molar-refractivity contribution in [3.63, 3.8) is 0 Å². The van der Waals surface area contributed by atoms with Gasteiger partial charge in [-0.15, -0.1) is 0 Å². The van der Waals surface area contributed by atoms with Crippen LogP contribution in [0.25, 0.3) is 6.08 Å². The van der Waals surface area contributed by atoms with E-state index in [0.29, 0.717) is 39.1 Å². The summed E-state index contributed by atoms with van der Waals surface area (Å²) in [4.78, 5) is 20.1. The van der Waals surface area contributed by atoms with E-state index in [1.54, 1.807) is 31.3 Å². The van der Waals surface area contributed by atoms with Gasteiger partial charge in [0.15, 0.2) is 16.7 Å². The number of ether oxygens (including phenoxy) is 2. The van der Waals surface area contributed by atoms with Gasteiger partial charge >= 0.3 is 0 Å². The zero-order valence-electron chi connectivity index (χ0n) is 16.8. The third kappa shape index (κ3) is 4.95. The van der Waals surface area contributed by atoms with Gasteiger partial charge in [0, 0.05) is 17.1 Å². The number of thioether (sulfide) groups is 1. The Labute approximate surface area is 180 Å². The molecule has 2 aromatic rings. The van der Waals surface area contributed by atoms with Gasteiger partial charge in [-0.2, -0.15) is 0 Å². The number of hydrogen-bond acceptors (Lipinski definition) is 5. The third-order valence-corrected chi connectivity index (χ3v) is 5.47. The molecular formula is C22H23ClN2O3S. The van der Waals surface area contributed by atoms with Crippen molar-refractivity contribution >= 4 is 46.2 Å². The molecule has 1 aliphatic rings. The summed E-state index contributed by atoms with van der Waals surface area (Å²) in [5, 5.41) is 1.30. The quantitative estimate of drug-likeness (QED) is 0.558. The molecule has 0 N–H and O–H groups in total. The van der Waals surface area contributed by atoms with Crippen molar-refractivity contribution in [1.82, 2.24) is 4.90 Å². The Bertz CT molecular complexity index is 955. The second-order valence-corrected chi connectivity index (χ2v) is 8.32. The number of hydrogen-bond donors (Lipinski definition) is 0. The maximum absolute atomic E-state index is 13.1. The Hall–Kier alpha value is -2.44. The summed E-state index contributed by atoms with van der Waals surface area (Å²) in [7, 11) is 3.17. The second kappa shape index (κ2) is 9.37. The van der Waals surface area contributed by atoms with Gasteiger partial charge in [-0.3, -0.25) is 9.69 Å². The minimum atomic E-state index is -0.0683. The highest BCUT2D eigenvalue weighted by atomic mass is 35.5. The van der Waals surface area contributed by atoms with Crippen LogP contribution in [0.4, 0.5) is 5.69 Å². The highest BCUT2D eigenvalue weighted by Crippen LogP contribution is 2.38. The standard InChI is InChI=1S/C22H23ClN2O3S/c1-14(2)13-25-21(26)19(12-15-6-5-7-18(27-3)20(15)28-4)29-22(25)24-17-10-8-16(23)9-11-17/h5-12,14H,13H2,1-4H3/b19-12-,24-22?. The summed E-state index contributed by atoms with van der Waals surface area (Å²) < 4.78 is 10.9. The zero-order valence-corrected chi connectivity index (χ0v) is 18.4. The number of amides is 1. The molecule has 7 heteroatoms. The van der Waals surface area contributed by atoms with Crippen molar-refractivity contribution in [3.05, 3.63) is 58.0 Å². The van der Waals surface area contributed by atoms with Crippen LogP contribution in [-0.2, 0) is 4.79 Å². The van der Waals surface area contributed by atoms with Gasteiger partial charge in [0.2, 0.25) is 0 Å². The normalized spacial score (nSPS) is 16.9. The highest BCUT2D eigenvalue weighted by Gasteiger charge is 2.34. The van der Waals surface area contributed by atoms with E-state index in [-0.39, 0.29) is 5.91 Å². The summed E-state index contributed by atoms with van der Waals surface area (Å²) in [6.45, 7) is 4.74. The van der Waals surface area contributed by atoms with E-state index in [9.17, 15) is 4.79 Å². The van der Waals surface area contributed by atoms with Crippen LogP contribution in [0.3, 0.4) is 0 Å². The van der Waals surface area contributed by atoms with E-state index in [1.165, 1.54) is 11.8 Å². The van der Waals surface area contributed by atoms with E-state index in [0.717, 1.165) is 11.3 Å². The number of halogens is 1. The van der Waals surface area contributed by atoms with Crippen LogP contribution in [0, 0.1) is 5.92 Å². The fraction of sp³-hybridized carbons (Fsp3) is 0.273. The molecule has 3 rings (SSSR count). The molecule has 0 spiro atoms. The summed E-state index contributed by atoms with van der Waals surface area (Å²) in [6.07, 6.45) is 1.83. The van der Waals surface area contributed by atoms with Gasteiger partial charge in [0.05, 0.1) is 24.8 Å². The lowest BCUT2D eigenvalue weighted by Crippen LogP contribution is -2.32. The number of carbonyl (C=O) groups excluding carboxylic acids is 1. The van der Waals surface area contributed by atoms with Gasteiger partial charge < -0.3 is 9.47 Å². The maximum atomic E-state index is 13.1. The molecule has 5 nitrogen and oxygen atoms in total. The Morgan fingerprint density at radius 2 is 1.86 bits per heavy atom. The first-order chi connectivity index (χ1) is 13.9. The monoisotopic (exact) mass is 430 g/mol. The fourth-order valence-corrected chi connectivity index (χ4v) is 4.04. The van der Waals surface area contributed by atoms with Crippen molar-refractivity contribution in [2.75, 3.05) is 20.8 Å². The third-order valence-electron chi connectivity index (χ3n) is 4.21. The molecular weight excluding hydrogens is 408 g/mol. The van der Waals surface area contributed by atoms with Crippen LogP contribution in [0.5, 0.6) is 11.5 Å². The highest BCUT2D eigenvalue weighted by molar-refractivity contribution is 8.18. The number of aliphatic imine (C=N–C) groups is 1. The Morgan fingerprint density at radius 3 is 2.48 bits per heavy atom. The van der Waals surface area contributed by atoms with E-state index in [4.69, 9.17) is 21.1 Å². The van der Waals surface area contributed by atoms with Crippen LogP contribution in [0.15, 0.2) is 52.4 Å². The summed E-state index contributed by atoms with van der Waals surface area (Å²) in [5.74, 6) is 1.45. The largest absolute Gasteiger partial charge is 0.493 e. The molecule has 1 fully saturated rings. The molecule has 0 saturated carbocycles. The van der Waals surface area contributed by atoms with E-state index < -0.39 is 0 Å². The van der Waals surface area contributed by atoms with Crippen molar-refractivity contribution in [1.29, 1.82) is 0 Å². The lowest BCUT2D eigenvalue weighted by atomic mass is 10.1. The van der Waals surface area contributed by atoms with Crippen molar-refractivity contribution in [2.45, 2.75) is 13.8 Å². The topological polar surface area (TPSA) is 51.1 Å². The van der Waals surface area contributed by atoms with Gasteiger partial charge in [-0.05, 0) is 54.1 Å². The van der Waals surface area contributed by atoms with Gasteiger partial charge in [0.1, 0.15) is 0 Å². The number of methoxy groups -OCH3 is 2. The van der Waals surface area contributed by atoms with Gasteiger partial charge in [-0.1, -0.05) is 37.6 Å². The van der Waals surface area contributed by atoms with Crippen LogP contribution in [0.1, 0.15) is 19.4 Å². The minimum absolute atomic E-state index is 0.0683. The molecule has 0 aromatic heterocycles. The molecule has 0 aliphatic carbocycles. The average molecular weight is 431 g/mol. The number of nitrogens with zero attached hydrogens (tertiary/aromatic N) is 2. The van der Waals surface area contributed by atoms with Crippen molar-refractivity contribution in [2.24, 2.45) is 10.9 Å². The number of benzene rings is 2. The smallest absolute Gasteiger partial charge is 0.266 e. The molecule has 1 saturated heterocycles. The first-order valence-corrected chi connectivity index (χ1v) is 10.4. The Morgan fingerprint density at radius 1 is 1.14 bits per heavy atom. The van der Waals surface area contributed by atoms with Crippen LogP contribution < -0.4 is 9.47 Å². The van der Waals surface area contributed by atoms with Crippen LogP contribution in [-0.4, -0.2) is 36.7 Å². The van der Waals surface area contributed by atoms with Crippen molar-refractivity contribution < 1.29 is 14.3 Å². The molecule has 0 bridgehead atoms. The molecule has 152 valence electrons. The first kappa shape index (κ1) is 21.3. The van der Waals surface area contributed by atoms with Crippen LogP contribution in [0.2, 0.25) is 5.02 Å². The number of amidine groups is 1. The van der Waals surface area contributed by atoms with Crippen molar-refractivity contribution in [3.8, 4) is 11.5 Å². The molecule has 1 aliphatic heterocycles. The molecule has 0 unspecified atom stereocenters. The molecule has 1 amide bonds. The molecule has 2 aromatic carbocycles. The minimum Gasteiger partial charge on any atom is -0.493 e.